The molecule has 0 bridgehead atoms. The Morgan fingerprint density at radius 2 is 1.69 bits per heavy atom. The fourth-order valence-electron chi connectivity index (χ4n) is 2.13. The Morgan fingerprint density at radius 1 is 1.08 bits per heavy atom. The highest BCUT2D eigenvalue weighted by atomic mass is 32.1. The van der Waals surface area contributed by atoms with Crippen molar-refractivity contribution in [3.63, 3.8) is 0 Å². The lowest BCUT2D eigenvalue weighted by Gasteiger charge is -2.18. The van der Waals surface area contributed by atoms with Crippen LogP contribution in [0.15, 0.2) is 48.5 Å². The molecular weight excluding hydrogens is 365 g/mol. The van der Waals surface area contributed by atoms with Crippen LogP contribution >= 0.6 is 12.2 Å². The maximum Gasteiger partial charge on any atom is 0.416 e. The molecule has 0 amide bonds. The number of methoxy groups -OCH3 is 1. The van der Waals surface area contributed by atoms with E-state index in [1.165, 1.54) is 12.1 Å². The molecule has 8 heteroatoms. The molecule has 0 saturated heterocycles. The van der Waals surface area contributed by atoms with Gasteiger partial charge in [0.2, 0.25) is 0 Å². The normalized spacial score (nSPS) is 12.2. The molecule has 2 aromatic rings. The maximum absolute atomic E-state index is 12.6. The molecule has 0 aliphatic heterocycles. The highest BCUT2D eigenvalue weighted by Gasteiger charge is 2.29. The Kier molecular flexibility index (Phi) is 6.68. The fraction of sp³-hybridized carbons (Fsp3) is 0.278. The second-order valence-corrected chi connectivity index (χ2v) is 5.94. The van der Waals surface area contributed by atoms with Crippen molar-refractivity contribution in [2.75, 3.05) is 19.0 Å². The lowest BCUT2D eigenvalue weighted by Crippen LogP contribution is -2.39. The average Bonchev–Trinajstić information content (AvgIpc) is 2.59. The summed E-state index contributed by atoms with van der Waals surface area (Å²) in [6.07, 6.45) is -4.36. The third-order valence-corrected chi connectivity index (χ3v) is 3.63. The van der Waals surface area contributed by atoms with E-state index in [0.717, 1.165) is 12.1 Å². The van der Waals surface area contributed by atoms with Gasteiger partial charge in [0.05, 0.1) is 18.7 Å². The van der Waals surface area contributed by atoms with Crippen LogP contribution in [0.4, 0.5) is 18.9 Å². The zero-order valence-corrected chi connectivity index (χ0v) is 15.1. The summed E-state index contributed by atoms with van der Waals surface area (Å²) in [6.45, 7) is 2.20. The van der Waals surface area contributed by atoms with Crippen molar-refractivity contribution in [1.29, 1.82) is 0 Å². The van der Waals surface area contributed by atoms with Crippen molar-refractivity contribution < 1.29 is 22.6 Å². The maximum atomic E-state index is 12.6. The second-order valence-electron chi connectivity index (χ2n) is 5.54. The van der Waals surface area contributed by atoms with Crippen LogP contribution in [-0.4, -0.2) is 24.9 Å². The quantitative estimate of drug-likeness (QED) is 0.720. The number of halogens is 3. The molecule has 4 nitrogen and oxygen atoms in total. The molecular formula is C18H19F3N2O2S. The minimum Gasteiger partial charge on any atom is -0.493 e. The molecule has 0 fully saturated rings. The zero-order chi connectivity index (χ0) is 19.2. The summed E-state index contributed by atoms with van der Waals surface area (Å²) in [7, 11) is 1.56. The smallest absolute Gasteiger partial charge is 0.416 e. The molecule has 0 heterocycles. The van der Waals surface area contributed by atoms with Crippen molar-refractivity contribution in [2.45, 2.75) is 19.1 Å². The topological polar surface area (TPSA) is 42.5 Å². The van der Waals surface area contributed by atoms with Crippen LogP contribution < -0.4 is 20.1 Å². The van der Waals surface area contributed by atoms with Crippen molar-refractivity contribution >= 4 is 23.0 Å². The van der Waals surface area contributed by atoms with Crippen molar-refractivity contribution in [3.05, 3.63) is 54.1 Å². The van der Waals surface area contributed by atoms with Gasteiger partial charge in [-0.15, -0.1) is 0 Å². The molecule has 2 rings (SSSR count). The first-order valence-corrected chi connectivity index (χ1v) is 8.21. The van der Waals surface area contributed by atoms with E-state index in [0.29, 0.717) is 28.9 Å². The molecule has 1 unspecified atom stereocenters. The van der Waals surface area contributed by atoms with E-state index in [-0.39, 0.29) is 6.04 Å². The van der Waals surface area contributed by atoms with Gasteiger partial charge in [-0.05, 0) is 55.5 Å². The number of alkyl halides is 3. The molecule has 26 heavy (non-hydrogen) atoms. The SMILES string of the molecule is COc1ccccc1OCC(C)NC(=S)Nc1ccc(C(F)(F)F)cc1. The van der Waals surface area contributed by atoms with Crippen LogP contribution in [0.2, 0.25) is 0 Å². The lowest BCUT2D eigenvalue weighted by molar-refractivity contribution is -0.137. The Hall–Kier alpha value is -2.48. The summed E-state index contributed by atoms with van der Waals surface area (Å²) in [6, 6.07) is 11.8. The second kappa shape index (κ2) is 8.75. The summed E-state index contributed by atoms with van der Waals surface area (Å²) in [5.74, 6) is 1.25. The third kappa shape index (κ3) is 5.80. The first-order valence-electron chi connectivity index (χ1n) is 7.80. The number of anilines is 1. The molecule has 0 aliphatic rings. The van der Waals surface area contributed by atoms with Crippen molar-refractivity contribution in [1.82, 2.24) is 5.32 Å². The van der Waals surface area contributed by atoms with E-state index in [1.807, 2.05) is 19.1 Å². The summed E-state index contributed by atoms with van der Waals surface area (Å²) < 4.78 is 48.6. The summed E-state index contributed by atoms with van der Waals surface area (Å²) in [5.41, 5.74) is -0.242. The Balaban J connectivity index is 1.83. The first-order chi connectivity index (χ1) is 12.3. The molecule has 2 aromatic carbocycles. The highest BCUT2D eigenvalue weighted by molar-refractivity contribution is 7.80. The largest absolute Gasteiger partial charge is 0.493 e. The number of rotatable bonds is 6. The van der Waals surface area contributed by atoms with E-state index >= 15 is 0 Å². The van der Waals surface area contributed by atoms with Crippen molar-refractivity contribution in [3.8, 4) is 11.5 Å². The number of para-hydroxylation sites is 2. The molecule has 2 N–H and O–H groups in total. The van der Waals surface area contributed by atoms with Gasteiger partial charge < -0.3 is 20.1 Å². The van der Waals surface area contributed by atoms with Gasteiger partial charge in [0.25, 0.3) is 0 Å². The Morgan fingerprint density at radius 3 is 2.27 bits per heavy atom. The Bertz CT molecular complexity index is 736. The number of benzene rings is 2. The van der Waals surface area contributed by atoms with Gasteiger partial charge in [0.1, 0.15) is 6.61 Å². The molecule has 1 atom stereocenters. The predicted octanol–water partition coefficient (Wildman–Crippen LogP) is 4.47. The Labute approximate surface area is 155 Å². The van der Waals surface area contributed by atoms with Crippen LogP contribution in [0, 0.1) is 0 Å². The monoisotopic (exact) mass is 384 g/mol. The van der Waals surface area contributed by atoms with E-state index in [4.69, 9.17) is 21.7 Å². The van der Waals surface area contributed by atoms with E-state index in [2.05, 4.69) is 10.6 Å². The van der Waals surface area contributed by atoms with Crippen LogP contribution in [0.3, 0.4) is 0 Å². The number of nitrogens with one attached hydrogen (secondary N) is 2. The van der Waals surface area contributed by atoms with Crippen molar-refractivity contribution in [2.24, 2.45) is 0 Å². The van der Waals surface area contributed by atoms with Gasteiger partial charge in [0.15, 0.2) is 16.6 Å². The summed E-state index contributed by atoms with van der Waals surface area (Å²) in [5, 5.41) is 6.15. The minimum absolute atomic E-state index is 0.130. The zero-order valence-electron chi connectivity index (χ0n) is 14.3. The van der Waals surface area contributed by atoms with Gasteiger partial charge >= 0.3 is 6.18 Å². The van der Waals surface area contributed by atoms with Gasteiger partial charge in [-0.1, -0.05) is 12.1 Å². The number of ether oxygens (including phenoxy) is 2. The first kappa shape index (κ1) is 19.8. The average molecular weight is 384 g/mol. The summed E-state index contributed by atoms with van der Waals surface area (Å²) >= 11 is 5.17. The number of hydrogen-bond acceptors (Lipinski definition) is 3. The van der Waals surface area contributed by atoms with Crippen LogP contribution in [0.1, 0.15) is 12.5 Å². The molecule has 0 radical (unpaired) electrons. The molecule has 0 spiro atoms. The predicted molar refractivity (Wildman–Crippen MR) is 98.8 cm³/mol. The van der Waals surface area contributed by atoms with Gasteiger partial charge in [0, 0.05) is 5.69 Å². The van der Waals surface area contributed by atoms with Crippen LogP contribution in [-0.2, 0) is 6.18 Å². The third-order valence-electron chi connectivity index (χ3n) is 3.41. The van der Waals surface area contributed by atoms with Gasteiger partial charge in [-0.25, -0.2) is 0 Å². The lowest BCUT2D eigenvalue weighted by atomic mass is 10.2. The van der Waals surface area contributed by atoms with Crippen LogP contribution in [0.25, 0.3) is 0 Å². The van der Waals surface area contributed by atoms with Gasteiger partial charge in [-0.2, -0.15) is 13.2 Å². The van der Waals surface area contributed by atoms with E-state index in [1.54, 1.807) is 19.2 Å². The van der Waals surface area contributed by atoms with Crippen LogP contribution in [0.5, 0.6) is 11.5 Å². The highest BCUT2D eigenvalue weighted by Crippen LogP contribution is 2.29. The molecule has 140 valence electrons. The molecule has 0 aromatic heterocycles. The van der Waals surface area contributed by atoms with Gasteiger partial charge in [-0.3, -0.25) is 0 Å². The number of hydrogen-bond donors (Lipinski definition) is 2. The standard InChI is InChI=1S/C18H19F3N2O2S/c1-12(11-25-16-6-4-3-5-15(16)24-2)22-17(26)23-14-9-7-13(8-10-14)18(19,20)21/h3-10,12H,11H2,1-2H3,(H2,22,23,26). The van der Waals surface area contributed by atoms with E-state index in [9.17, 15) is 13.2 Å². The van der Waals surface area contributed by atoms with E-state index < -0.39 is 11.7 Å². The molecule has 0 aliphatic carbocycles. The fourth-order valence-corrected chi connectivity index (χ4v) is 2.45. The minimum atomic E-state index is -4.36. The number of thiocarbonyl (C=S) groups is 1. The summed E-state index contributed by atoms with van der Waals surface area (Å²) in [4.78, 5) is 0. The molecule has 0 saturated carbocycles.